The lowest BCUT2D eigenvalue weighted by molar-refractivity contribution is -0.136. The molecule has 40 heavy (non-hydrogen) atoms. The van der Waals surface area contributed by atoms with Crippen LogP contribution in [0.4, 0.5) is 31.1 Å². The van der Waals surface area contributed by atoms with Crippen LogP contribution in [0.5, 0.6) is 5.75 Å². The molecule has 1 aromatic heterocycles. The van der Waals surface area contributed by atoms with E-state index in [1.807, 2.05) is 0 Å². The number of carbonyl (C=O) groups is 1. The molecule has 0 bridgehead atoms. The first kappa shape index (κ1) is 31.4. The summed E-state index contributed by atoms with van der Waals surface area (Å²) in [6.45, 7) is 8.96. The van der Waals surface area contributed by atoms with Crippen LogP contribution < -0.4 is 4.74 Å². The predicted octanol–water partition coefficient (Wildman–Crippen LogP) is 6.16. The second kappa shape index (κ2) is 10.7. The number of hydrogen-bond donors (Lipinski definition) is 0. The van der Waals surface area contributed by atoms with Crippen molar-refractivity contribution in [1.82, 2.24) is 14.5 Å². The Hall–Kier alpha value is -3.17. The number of ether oxygens (including phenoxy) is 2. The average Bonchev–Trinajstić information content (AvgIpc) is 3.18. The fourth-order valence-corrected chi connectivity index (χ4v) is 4.63. The molecule has 0 saturated carbocycles. The van der Waals surface area contributed by atoms with E-state index in [4.69, 9.17) is 9.47 Å². The molecule has 0 aliphatic carbocycles. The summed E-state index contributed by atoms with van der Waals surface area (Å²) in [5, 5.41) is 0. The van der Waals surface area contributed by atoms with E-state index in [1.54, 1.807) is 34.6 Å². The van der Waals surface area contributed by atoms with Crippen molar-refractivity contribution in [2.75, 3.05) is 6.61 Å². The first-order chi connectivity index (χ1) is 18.1. The summed E-state index contributed by atoms with van der Waals surface area (Å²) in [6, 6.07) is -0.511. The maximum absolute atomic E-state index is 14.0. The second-order valence-corrected chi connectivity index (χ2v) is 12.0. The average molecular weight is 602 g/mol. The summed E-state index contributed by atoms with van der Waals surface area (Å²) in [7, 11) is -6.01. The van der Waals surface area contributed by atoms with E-state index in [-0.39, 0.29) is 22.8 Å². The number of rotatable bonds is 6. The van der Waals surface area contributed by atoms with Crippen molar-refractivity contribution < 1.29 is 53.2 Å². The first-order valence-corrected chi connectivity index (χ1v) is 13.4. The van der Waals surface area contributed by atoms with Crippen molar-refractivity contribution in [2.45, 2.75) is 83.4 Å². The standard InChI is InChI=1S/C24H29F6N3O6S/c1-13(2)32-12-31-19-10-16(9-18(20(19)32)23(25,26)27)37-11-15-8-17(39-40(35,36)24(28,29)30)7-14(3)33(15)21(34)38-22(4,5)6/h7,9-10,12-15H,8,11H2,1-6H3/t14-,15-/m0/s1. The molecule has 9 nitrogen and oxygen atoms in total. The summed E-state index contributed by atoms with van der Waals surface area (Å²) in [6.07, 6.45) is -3.96. The molecule has 0 unspecified atom stereocenters. The third kappa shape index (κ3) is 6.93. The van der Waals surface area contributed by atoms with Crippen molar-refractivity contribution in [3.05, 3.63) is 35.9 Å². The van der Waals surface area contributed by atoms with Crippen LogP contribution in [0, 0.1) is 0 Å². The van der Waals surface area contributed by atoms with E-state index in [9.17, 15) is 39.6 Å². The highest BCUT2D eigenvalue weighted by molar-refractivity contribution is 7.87. The zero-order valence-electron chi connectivity index (χ0n) is 22.4. The van der Waals surface area contributed by atoms with Gasteiger partial charge in [0.25, 0.3) is 0 Å². The molecule has 3 rings (SSSR count). The summed E-state index contributed by atoms with van der Waals surface area (Å²) >= 11 is 0. The smallest absolute Gasteiger partial charge is 0.491 e. The van der Waals surface area contributed by atoms with Gasteiger partial charge in [-0.15, -0.1) is 0 Å². The molecule has 1 aromatic carbocycles. The van der Waals surface area contributed by atoms with Crippen LogP contribution in [-0.2, 0) is 25.2 Å². The number of benzene rings is 1. The molecule has 1 aliphatic heterocycles. The second-order valence-electron chi connectivity index (χ2n) is 10.5. The van der Waals surface area contributed by atoms with E-state index >= 15 is 0 Å². The van der Waals surface area contributed by atoms with Crippen LogP contribution in [-0.4, -0.2) is 58.8 Å². The lowest BCUT2D eigenvalue weighted by atomic mass is 10.0. The lowest BCUT2D eigenvalue weighted by Gasteiger charge is -2.39. The number of hydrogen-bond acceptors (Lipinski definition) is 7. The Bertz CT molecular complexity index is 1390. The molecule has 224 valence electrons. The Labute approximate surface area is 226 Å². The minimum Gasteiger partial charge on any atom is -0.491 e. The minimum absolute atomic E-state index is 0.0141. The van der Waals surface area contributed by atoms with Gasteiger partial charge in [-0.05, 0) is 53.7 Å². The van der Waals surface area contributed by atoms with Gasteiger partial charge in [0.1, 0.15) is 23.7 Å². The topological polar surface area (TPSA) is 100.0 Å². The Morgan fingerprint density at radius 1 is 1.12 bits per heavy atom. The summed E-state index contributed by atoms with van der Waals surface area (Å²) in [5.74, 6) is -0.883. The van der Waals surface area contributed by atoms with Gasteiger partial charge in [-0.1, -0.05) is 0 Å². The molecule has 0 radical (unpaired) electrons. The van der Waals surface area contributed by atoms with Gasteiger partial charge in [0.05, 0.1) is 35.0 Å². The molecule has 0 spiro atoms. The van der Waals surface area contributed by atoms with Crippen molar-refractivity contribution in [1.29, 1.82) is 0 Å². The maximum Gasteiger partial charge on any atom is 0.534 e. The number of halogens is 6. The Morgan fingerprint density at radius 3 is 2.27 bits per heavy atom. The molecule has 2 atom stereocenters. The molecule has 2 aromatic rings. The van der Waals surface area contributed by atoms with Crippen LogP contribution >= 0.6 is 0 Å². The van der Waals surface area contributed by atoms with Gasteiger partial charge in [-0.3, -0.25) is 4.90 Å². The van der Waals surface area contributed by atoms with Crippen molar-refractivity contribution in [3.8, 4) is 5.75 Å². The highest BCUT2D eigenvalue weighted by Crippen LogP contribution is 2.39. The third-order valence-corrected chi connectivity index (χ3v) is 6.75. The van der Waals surface area contributed by atoms with E-state index in [0.717, 1.165) is 17.0 Å². The molecular formula is C24H29F6N3O6S. The van der Waals surface area contributed by atoms with Gasteiger partial charge in [-0.25, -0.2) is 9.78 Å². The van der Waals surface area contributed by atoms with Gasteiger partial charge in [0.2, 0.25) is 0 Å². The minimum atomic E-state index is -6.01. The zero-order chi connectivity index (χ0) is 30.4. The van der Waals surface area contributed by atoms with E-state index in [0.29, 0.717) is 0 Å². The Kier molecular flexibility index (Phi) is 8.36. The monoisotopic (exact) mass is 601 g/mol. The van der Waals surface area contributed by atoms with Gasteiger partial charge in [0.15, 0.2) is 0 Å². The van der Waals surface area contributed by atoms with Gasteiger partial charge >= 0.3 is 27.9 Å². The molecular weight excluding hydrogens is 572 g/mol. The first-order valence-electron chi connectivity index (χ1n) is 12.0. The molecule has 0 saturated heterocycles. The van der Waals surface area contributed by atoms with Crippen molar-refractivity contribution in [2.24, 2.45) is 0 Å². The van der Waals surface area contributed by atoms with Gasteiger partial charge < -0.3 is 18.2 Å². The van der Waals surface area contributed by atoms with Crippen molar-refractivity contribution >= 4 is 27.2 Å². The van der Waals surface area contributed by atoms with Crippen LogP contribution in [0.3, 0.4) is 0 Å². The fourth-order valence-electron chi connectivity index (χ4n) is 4.13. The number of amides is 1. The largest absolute Gasteiger partial charge is 0.534 e. The Balaban J connectivity index is 1.97. The quantitative estimate of drug-likeness (QED) is 0.222. The predicted molar refractivity (Wildman–Crippen MR) is 131 cm³/mol. The van der Waals surface area contributed by atoms with Gasteiger partial charge in [-0.2, -0.15) is 34.8 Å². The molecule has 16 heteroatoms. The molecule has 2 heterocycles. The third-order valence-electron chi connectivity index (χ3n) is 5.75. The number of nitrogens with zero attached hydrogens (tertiary/aromatic N) is 3. The maximum atomic E-state index is 14.0. The van der Waals surface area contributed by atoms with E-state index in [2.05, 4.69) is 9.17 Å². The Morgan fingerprint density at radius 2 is 1.75 bits per heavy atom. The highest BCUT2D eigenvalue weighted by Gasteiger charge is 2.50. The van der Waals surface area contributed by atoms with Crippen molar-refractivity contribution in [3.63, 3.8) is 0 Å². The van der Waals surface area contributed by atoms with Gasteiger partial charge in [0, 0.05) is 18.5 Å². The summed E-state index contributed by atoms with van der Waals surface area (Å²) < 4.78 is 120. The molecule has 0 fully saturated rings. The number of aromatic nitrogens is 2. The number of alkyl halides is 6. The zero-order valence-corrected chi connectivity index (χ0v) is 23.2. The fraction of sp³-hybridized carbons (Fsp3) is 0.583. The number of imidazole rings is 1. The molecule has 1 amide bonds. The lowest BCUT2D eigenvalue weighted by Crippen LogP contribution is -2.52. The molecule has 0 N–H and O–H groups in total. The van der Waals surface area contributed by atoms with Crippen LogP contribution in [0.2, 0.25) is 0 Å². The van der Waals surface area contributed by atoms with E-state index < -0.39 is 69.9 Å². The summed E-state index contributed by atoms with van der Waals surface area (Å²) in [5.41, 5.74) is -7.86. The molecule has 1 aliphatic rings. The van der Waals surface area contributed by atoms with Crippen LogP contribution in [0.25, 0.3) is 11.0 Å². The number of fused-ring (bicyclic) bond motifs is 1. The SMILES string of the molecule is CC(C)n1cnc2cc(OC[C@@H]3CC(OS(=O)(=O)C(F)(F)F)=C[C@H](C)N3C(=O)OC(C)(C)C)cc(C(F)(F)F)c21. The van der Waals surface area contributed by atoms with Crippen LogP contribution in [0.15, 0.2) is 30.3 Å². The van der Waals surface area contributed by atoms with Crippen LogP contribution in [0.1, 0.15) is 59.6 Å². The normalized spacial score (nSPS) is 19.1. The highest BCUT2D eigenvalue weighted by atomic mass is 32.2. The number of carbonyl (C=O) groups excluding carboxylic acids is 1. The summed E-state index contributed by atoms with van der Waals surface area (Å²) in [4.78, 5) is 18.1. The van der Waals surface area contributed by atoms with E-state index in [1.165, 1.54) is 23.9 Å².